The fourth-order valence-corrected chi connectivity index (χ4v) is 3.59. The molecule has 14 heteroatoms. The lowest BCUT2D eigenvalue weighted by Crippen LogP contribution is -2.44. The van der Waals surface area contributed by atoms with Gasteiger partial charge in [0.2, 0.25) is 0 Å². The van der Waals surface area contributed by atoms with Crippen LogP contribution in [0.4, 0.5) is 5.82 Å². The zero-order chi connectivity index (χ0) is 25.3. The standard InChI is InChI=1S/C21H22N4O10/c1-9(27)14(22)20(30)35-24-13-6-7-25(21(31)23-13)17-16-15(12(8-26)32-17)33-18(28)10-4-2-3-5-11(10)19(29)34-16/h2-7,9,12,14-17,26-27H,8,22H2,1H3,(H,23,24,31)/t9-,12+,14+,15+,16+,17+/m0/s1. The number of hydrogen-bond donors (Lipinski definition) is 4. The first-order valence-corrected chi connectivity index (χ1v) is 10.5. The van der Waals surface area contributed by atoms with Gasteiger partial charge in [-0.1, -0.05) is 12.1 Å². The fourth-order valence-electron chi connectivity index (χ4n) is 3.59. The second kappa shape index (κ2) is 9.79. The van der Waals surface area contributed by atoms with E-state index in [1.165, 1.54) is 31.3 Å². The lowest BCUT2D eigenvalue weighted by molar-refractivity contribution is -0.144. The van der Waals surface area contributed by atoms with Gasteiger partial charge in [-0.2, -0.15) is 4.98 Å². The number of nitrogens with one attached hydrogen (secondary N) is 1. The lowest BCUT2D eigenvalue weighted by atomic mass is 10.0. The number of esters is 2. The maximum Gasteiger partial charge on any atom is 0.351 e. The molecule has 2 aromatic rings. The van der Waals surface area contributed by atoms with Crippen molar-refractivity contribution in [1.82, 2.24) is 9.55 Å². The van der Waals surface area contributed by atoms with Crippen molar-refractivity contribution in [2.45, 2.75) is 43.6 Å². The summed E-state index contributed by atoms with van der Waals surface area (Å²) in [6, 6.07) is 5.84. The summed E-state index contributed by atoms with van der Waals surface area (Å²) in [7, 11) is 0. The molecule has 1 fully saturated rings. The molecule has 1 saturated heterocycles. The minimum atomic E-state index is -1.32. The third kappa shape index (κ3) is 4.72. The first-order valence-electron chi connectivity index (χ1n) is 10.5. The van der Waals surface area contributed by atoms with Crippen LogP contribution in [0.1, 0.15) is 33.9 Å². The molecule has 6 atom stereocenters. The first kappa shape index (κ1) is 24.3. The minimum absolute atomic E-state index is 0.00444. The van der Waals surface area contributed by atoms with Crippen molar-refractivity contribution in [2.24, 2.45) is 5.73 Å². The van der Waals surface area contributed by atoms with Crippen LogP contribution in [0, 0.1) is 0 Å². The van der Waals surface area contributed by atoms with E-state index in [2.05, 4.69) is 10.5 Å². The van der Waals surface area contributed by atoms with E-state index in [-0.39, 0.29) is 16.9 Å². The molecule has 0 radical (unpaired) electrons. The summed E-state index contributed by atoms with van der Waals surface area (Å²) in [4.78, 5) is 58.3. The SMILES string of the molecule is C[C@H](O)[C@@H](N)C(=O)ONc1ccn([C@@H]2O[C@H](CO)[C@H]3OC(=O)c4ccccc4C(=O)O[C@H]32)c(=O)n1. The molecule has 35 heavy (non-hydrogen) atoms. The van der Waals surface area contributed by atoms with Gasteiger partial charge in [0.05, 0.1) is 23.8 Å². The average Bonchev–Trinajstić information content (AvgIpc) is 3.17. The van der Waals surface area contributed by atoms with Gasteiger partial charge < -0.3 is 35.0 Å². The number of benzene rings is 1. The van der Waals surface area contributed by atoms with Crippen molar-refractivity contribution < 1.29 is 43.6 Å². The van der Waals surface area contributed by atoms with Crippen molar-refractivity contribution >= 4 is 23.7 Å². The molecule has 0 saturated carbocycles. The Labute approximate surface area is 197 Å². The van der Waals surface area contributed by atoms with Crippen LogP contribution in [0.3, 0.4) is 0 Å². The summed E-state index contributed by atoms with van der Waals surface area (Å²) in [5, 5.41) is 19.1. The van der Waals surface area contributed by atoms with Gasteiger partial charge in [-0.25, -0.2) is 24.7 Å². The van der Waals surface area contributed by atoms with E-state index in [0.29, 0.717) is 0 Å². The Bertz CT molecular complexity index is 1200. The molecule has 0 bridgehead atoms. The molecular formula is C21H22N4O10. The monoisotopic (exact) mass is 490 g/mol. The molecule has 0 amide bonds. The number of carbonyl (C=O) groups excluding carboxylic acids is 3. The van der Waals surface area contributed by atoms with Gasteiger partial charge in [0.15, 0.2) is 24.3 Å². The van der Waals surface area contributed by atoms with Crippen LogP contribution in [0.25, 0.3) is 0 Å². The Hall–Kier alpha value is -3.85. The van der Waals surface area contributed by atoms with Gasteiger partial charge in [0, 0.05) is 12.3 Å². The molecule has 0 unspecified atom stereocenters. The van der Waals surface area contributed by atoms with Gasteiger partial charge in [0.1, 0.15) is 12.1 Å². The molecule has 2 aliphatic rings. The van der Waals surface area contributed by atoms with Crippen molar-refractivity contribution in [3.05, 3.63) is 58.1 Å². The zero-order valence-electron chi connectivity index (χ0n) is 18.3. The Kier molecular flexibility index (Phi) is 6.79. The number of aliphatic hydroxyl groups excluding tert-OH is 2. The Morgan fingerprint density at radius 3 is 2.37 bits per heavy atom. The van der Waals surface area contributed by atoms with E-state index in [4.69, 9.17) is 24.8 Å². The second-order valence-electron chi connectivity index (χ2n) is 7.83. The number of aliphatic hydroxyl groups is 2. The molecule has 0 aliphatic carbocycles. The highest BCUT2D eigenvalue weighted by molar-refractivity contribution is 6.03. The number of anilines is 1. The molecule has 0 spiro atoms. The number of ether oxygens (including phenoxy) is 3. The summed E-state index contributed by atoms with van der Waals surface area (Å²) in [5.74, 6) is -2.79. The van der Waals surface area contributed by atoms with Crippen LogP contribution in [0.15, 0.2) is 41.3 Å². The van der Waals surface area contributed by atoms with Crippen molar-refractivity contribution in [1.29, 1.82) is 0 Å². The molecule has 14 nitrogen and oxygen atoms in total. The summed E-state index contributed by atoms with van der Waals surface area (Å²) in [6.45, 7) is 0.712. The number of rotatable bonds is 6. The highest BCUT2D eigenvalue weighted by Crippen LogP contribution is 2.35. The summed E-state index contributed by atoms with van der Waals surface area (Å²) in [5.41, 5.74) is 6.68. The summed E-state index contributed by atoms with van der Waals surface area (Å²) < 4.78 is 17.7. The maximum absolute atomic E-state index is 12.8. The minimum Gasteiger partial charge on any atom is -0.452 e. The largest absolute Gasteiger partial charge is 0.452 e. The van der Waals surface area contributed by atoms with Crippen molar-refractivity contribution in [3.8, 4) is 0 Å². The predicted molar refractivity (Wildman–Crippen MR) is 114 cm³/mol. The van der Waals surface area contributed by atoms with E-state index in [1.54, 1.807) is 12.1 Å². The number of carbonyl (C=O) groups is 3. The quantitative estimate of drug-likeness (QED) is 0.207. The van der Waals surface area contributed by atoms with Crippen LogP contribution < -0.4 is 16.9 Å². The van der Waals surface area contributed by atoms with Gasteiger partial charge >= 0.3 is 23.6 Å². The second-order valence-corrected chi connectivity index (χ2v) is 7.83. The highest BCUT2D eigenvalue weighted by atomic mass is 16.7. The van der Waals surface area contributed by atoms with E-state index in [1.807, 2.05) is 0 Å². The highest BCUT2D eigenvalue weighted by Gasteiger charge is 2.52. The fraction of sp³-hybridized carbons (Fsp3) is 0.381. The summed E-state index contributed by atoms with van der Waals surface area (Å²) >= 11 is 0. The van der Waals surface area contributed by atoms with E-state index in [9.17, 15) is 29.4 Å². The van der Waals surface area contributed by atoms with Crippen LogP contribution in [0.5, 0.6) is 0 Å². The normalized spacial score (nSPS) is 25.1. The molecule has 2 aliphatic heterocycles. The third-order valence-corrected chi connectivity index (χ3v) is 5.47. The number of hydrogen-bond acceptors (Lipinski definition) is 13. The molecule has 5 N–H and O–H groups in total. The Morgan fingerprint density at radius 1 is 1.17 bits per heavy atom. The molecule has 1 aromatic carbocycles. The lowest BCUT2D eigenvalue weighted by Gasteiger charge is -2.27. The predicted octanol–water partition coefficient (Wildman–Crippen LogP) is -1.52. The smallest absolute Gasteiger partial charge is 0.351 e. The third-order valence-electron chi connectivity index (χ3n) is 5.47. The van der Waals surface area contributed by atoms with Crippen LogP contribution in [-0.2, 0) is 23.8 Å². The number of fused-ring (bicyclic) bond motifs is 2. The number of nitrogens with two attached hydrogens (primary N) is 1. The van der Waals surface area contributed by atoms with Gasteiger partial charge in [-0.15, -0.1) is 0 Å². The average molecular weight is 490 g/mol. The molecular weight excluding hydrogens is 468 g/mol. The summed E-state index contributed by atoms with van der Waals surface area (Å²) in [6.07, 6.45) is -4.83. The van der Waals surface area contributed by atoms with Crippen LogP contribution >= 0.6 is 0 Å². The van der Waals surface area contributed by atoms with Gasteiger partial charge in [0.25, 0.3) is 0 Å². The van der Waals surface area contributed by atoms with Crippen molar-refractivity contribution in [3.63, 3.8) is 0 Å². The van der Waals surface area contributed by atoms with E-state index in [0.717, 1.165) is 4.57 Å². The van der Waals surface area contributed by atoms with Gasteiger partial charge in [-0.3, -0.25) is 4.57 Å². The Morgan fingerprint density at radius 2 is 1.80 bits per heavy atom. The number of nitrogens with zero attached hydrogens (tertiary/aromatic N) is 2. The first-order chi connectivity index (χ1) is 16.7. The molecule has 1 aromatic heterocycles. The van der Waals surface area contributed by atoms with Gasteiger partial charge in [-0.05, 0) is 19.1 Å². The molecule has 3 heterocycles. The number of aromatic nitrogens is 2. The van der Waals surface area contributed by atoms with Crippen LogP contribution in [-0.4, -0.2) is 74.7 Å². The topological polar surface area (TPSA) is 202 Å². The van der Waals surface area contributed by atoms with Crippen molar-refractivity contribution in [2.75, 3.05) is 12.1 Å². The molecule has 4 rings (SSSR count). The zero-order valence-corrected chi connectivity index (χ0v) is 18.3. The van der Waals surface area contributed by atoms with E-state index < -0.39 is 66.9 Å². The molecule has 186 valence electrons. The van der Waals surface area contributed by atoms with E-state index >= 15 is 0 Å². The maximum atomic E-state index is 12.8. The van der Waals surface area contributed by atoms with Crippen LogP contribution in [0.2, 0.25) is 0 Å². The Balaban J connectivity index is 1.58.